The van der Waals surface area contributed by atoms with Gasteiger partial charge >= 0.3 is 0 Å². The SMILES string of the molecule is [2H]c1c([2H])c([2H])c(C2(C)c3c([2H])c([2H])c([2H])c([2H])c3-c3c([2H])c([2H])c4c([2H])c(-c5c6c([2H])c([2H])c([2H])c([2H])c6c([2H])c6c5c([2H])c([2H])c5c([2H])c([2H])c([2H])c([2H])c56)c([2H])c([2H])c4c32)c([2H])c1[2H]. The molecule has 1 unspecified atom stereocenters. The van der Waals surface area contributed by atoms with E-state index in [0.717, 1.165) is 0 Å². The molecule has 0 aliphatic heterocycles. The minimum absolute atomic E-state index is 0.391. The first kappa shape index (κ1) is 9.68. The maximum Gasteiger partial charge on any atom is 0.0636 e. The Kier molecular flexibility index (Phi) is 1.99. The molecule has 0 saturated carbocycles. The van der Waals surface area contributed by atoms with Crippen LogP contribution in [-0.4, -0.2) is 0 Å². The smallest absolute Gasteiger partial charge is 0.0622 e. The van der Waals surface area contributed by atoms with Crippen molar-refractivity contribution in [2.24, 2.45) is 0 Å². The second kappa shape index (κ2) is 8.65. The van der Waals surface area contributed by atoms with Gasteiger partial charge in [0.05, 0.1) is 34.3 Å². The van der Waals surface area contributed by atoms with Crippen molar-refractivity contribution in [1.82, 2.24) is 0 Å². The molecule has 0 N–H and O–H groups in total. The van der Waals surface area contributed by atoms with Crippen LogP contribution in [0.1, 0.15) is 57.9 Å². The van der Waals surface area contributed by atoms with E-state index in [1.54, 1.807) is 0 Å². The lowest BCUT2D eigenvalue weighted by molar-refractivity contribution is 0.720. The van der Waals surface area contributed by atoms with Crippen LogP contribution >= 0.6 is 0 Å². The quantitative estimate of drug-likeness (QED) is 0.146. The van der Waals surface area contributed by atoms with Gasteiger partial charge in [-0.2, -0.15) is 0 Å². The van der Waals surface area contributed by atoms with Crippen molar-refractivity contribution >= 4 is 43.1 Å². The number of hydrogen-bond acceptors (Lipinski definition) is 0. The Balaban J connectivity index is 1.61. The summed E-state index contributed by atoms with van der Waals surface area (Å²) in [5.41, 5.74) is -5.89. The number of fused-ring (bicyclic) bond motifs is 9. The molecule has 0 amide bonds. The van der Waals surface area contributed by atoms with Gasteiger partial charge in [0.2, 0.25) is 0 Å². The molecular formula is C42H28. The Morgan fingerprint density at radius 1 is 0.452 bits per heavy atom. The highest BCUT2D eigenvalue weighted by atomic mass is 14.4. The molecule has 0 fully saturated rings. The van der Waals surface area contributed by atoms with Crippen LogP contribution in [0.2, 0.25) is 0 Å². The van der Waals surface area contributed by atoms with Crippen LogP contribution in [0.4, 0.5) is 0 Å². The molecule has 0 bridgehead atoms. The largest absolute Gasteiger partial charge is 0.0636 e. The van der Waals surface area contributed by atoms with Crippen LogP contribution < -0.4 is 0 Å². The number of benzene rings is 8. The van der Waals surface area contributed by atoms with E-state index in [2.05, 4.69) is 0 Å². The molecule has 42 heavy (non-hydrogen) atoms. The summed E-state index contributed by atoms with van der Waals surface area (Å²) in [7, 11) is 0. The Labute approximate surface area is 280 Å². The average molecular weight is 558 g/mol. The standard InChI is InChI=1S/C42H28/c1-42(31-13-3-2-4-14-31)39-18-10-9-17-35(39)37-24-20-29-25-30(21-22-34(29)41(37)42)40-33-16-8-6-12-28(33)26-38-32-15-7-5-11-27(32)19-23-36(38)40/h2-26H,1H3/i2D,3D,4D,5D,6D,7D,8D,9D,10D,11D,12D,13D,14D,15D,16D,17D,18D,19D,20D,21D,22D,23D,24D,25D,26D. The van der Waals surface area contributed by atoms with Crippen LogP contribution in [0.15, 0.2) is 151 Å². The molecule has 0 radical (unpaired) electrons. The minimum atomic E-state index is -2.33. The van der Waals surface area contributed by atoms with Crippen molar-refractivity contribution in [2.75, 3.05) is 0 Å². The molecule has 8 aromatic rings. The number of rotatable bonds is 2. The molecule has 0 spiro atoms. The molecule has 196 valence electrons. The average Bonchev–Trinajstić information content (AvgIpc) is 3.56. The third-order valence-electron chi connectivity index (χ3n) is 7.75. The Morgan fingerprint density at radius 2 is 1.12 bits per heavy atom. The van der Waals surface area contributed by atoms with E-state index >= 15 is 0 Å². The topological polar surface area (TPSA) is 0 Å². The van der Waals surface area contributed by atoms with Gasteiger partial charge in [-0.1, -0.05) is 139 Å². The van der Waals surface area contributed by atoms with E-state index in [-0.39, 0.29) is 0 Å². The van der Waals surface area contributed by atoms with Gasteiger partial charge < -0.3 is 0 Å². The van der Waals surface area contributed by atoms with E-state index in [9.17, 15) is 9.60 Å². The Hall–Kier alpha value is -5.20. The van der Waals surface area contributed by atoms with E-state index in [1.165, 1.54) is 6.92 Å². The van der Waals surface area contributed by atoms with Gasteiger partial charge in [0, 0.05) is 5.41 Å². The van der Waals surface area contributed by atoms with Crippen LogP contribution in [0.5, 0.6) is 0 Å². The monoisotopic (exact) mass is 557 g/mol. The van der Waals surface area contributed by atoms with E-state index in [1.807, 2.05) is 0 Å². The van der Waals surface area contributed by atoms with Crippen LogP contribution in [0, 0.1) is 0 Å². The van der Waals surface area contributed by atoms with Crippen molar-refractivity contribution in [3.05, 3.63) is 168 Å². The van der Waals surface area contributed by atoms with E-state index in [0.29, 0.717) is 0 Å². The maximum atomic E-state index is 9.92. The summed E-state index contributed by atoms with van der Waals surface area (Å²) >= 11 is 0. The fourth-order valence-corrected chi connectivity index (χ4v) is 5.88. The van der Waals surface area contributed by atoms with Gasteiger partial charge in [-0.15, -0.1) is 0 Å². The first-order chi connectivity index (χ1) is 31.1. The summed E-state index contributed by atoms with van der Waals surface area (Å²) in [6, 6.07) is -21.0. The lowest BCUT2D eigenvalue weighted by Crippen LogP contribution is -2.22. The molecule has 0 nitrogen and oxygen atoms in total. The van der Waals surface area contributed by atoms with Gasteiger partial charge in [-0.25, -0.2) is 0 Å². The van der Waals surface area contributed by atoms with E-state index < -0.39 is 239 Å². The predicted molar refractivity (Wildman–Crippen MR) is 179 cm³/mol. The molecule has 1 atom stereocenters. The molecule has 0 heteroatoms. The van der Waals surface area contributed by atoms with Gasteiger partial charge in [0.1, 0.15) is 0 Å². The maximum absolute atomic E-state index is 9.92. The Morgan fingerprint density at radius 3 is 2.00 bits per heavy atom. The first-order valence-electron chi connectivity index (χ1n) is 25.2. The zero-order valence-electron chi connectivity index (χ0n) is 46.5. The zero-order chi connectivity index (χ0) is 49.6. The third kappa shape index (κ3) is 3.12. The van der Waals surface area contributed by atoms with Crippen LogP contribution in [0.3, 0.4) is 0 Å². The molecule has 8 aromatic carbocycles. The fourth-order valence-electron chi connectivity index (χ4n) is 5.88. The van der Waals surface area contributed by atoms with E-state index in [4.69, 9.17) is 24.7 Å². The third-order valence-corrected chi connectivity index (χ3v) is 7.75. The summed E-state index contributed by atoms with van der Waals surface area (Å²) < 4.78 is 225. The van der Waals surface area contributed by atoms with Gasteiger partial charge in [-0.3, -0.25) is 0 Å². The van der Waals surface area contributed by atoms with Crippen LogP contribution in [0.25, 0.3) is 65.3 Å². The predicted octanol–water partition coefficient (Wildman–Crippen LogP) is 11.3. The molecule has 9 rings (SSSR count). The zero-order valence-corrected chi connectivity index (χ0v) is 21.5. The van der Waals surface area contributed by atoms with Gasteiger partial charge in [0.15, 0.2) is 0 Å². The summed E-state index contributed by atoms with van der Waals surface area (Å²) in [6.45, 7) is 1.24. The van der Waals surface area contributed by atoms with Crippen LogP contribution in [-0.2, 0) is 5.41 Å². The normalized spacial score (nSPS) is 24.2. The summed E-state index contributed by atoms with van der Waals surface area (Å²) in [4.78, 5) is 0. The van der Waals surface area contributed by atoms with Gasteiger partial charge in [-0.05, 0) is 101 Å². The molecule has 0 heterocycles. The molecular weight excluding hydrogens is 504 g/mol. The van der Waals surface area contributed by atoms with Crippen molar-refractivity contribution in [3.63, 3.8) is 0 Å². The lowest BCUT2D eigenvalue weighted by atomic mass is 9.73. The second-order valence-corrected chi connectivity index (χ2v) is 9.88. The van der Waals surface area contributed by atoms with Crippen molar-refractivity contribution in [3.8, 4) is 22.3 Å². The highest BCUT2D eigenvalue weighted by Crippen LogP contribution is 2.55. The summed E-state index contributed by atoms with van der Waals surface area (Å²) in [5.74, 6) is 0. The van der Waals surface area contributed by atoms with Gasteiger partial charge in [0.25, 0.3) is 0 Å². The molecule has 0 saturated heterocycles. The molecule has 1 aliphatic carbocycles. The lowest BCUT2D eigenvalue weighted by Gasteiger charge is -2.29. The van der Waals surface area contributed by atoms with Crippen molar-refractivity contribution in [1.29, 1.82) is 0 Å². The minimum Gasteiger partial charge on any atom is -0.0622 e. The highest BCUT2D eigenvalue weighted by Gasteiger charge is 2.41. The Bertz CT molecular complexity index is 3730. The molecule has 0 aromatic heterocycles. The summed E-state index contributed by atoms with van der Waals surface area (Å²) in [5, 5.41) is -4.56. The van der Waals surface area contributed by atoms with Crippen molar-refractivity contribution < 1.29 is 34.3 Å². The highest BCUT2D eigenvalue weighted by molar-refractivity contribution is 6.20. The summed E-state index contributed by atoms with van der Waals surface area (Å²) in [6.07, 6.45) is 0. The first-order valence-corrected chi connectivity index (χ1v) is 12.8. The number of hydrogen-bond donors (Lipinski definition) is 0. The second-order valence-electron chi connectivity index (χ2n) is 9.88. The molecule has 1 aliphatic rings. The fraction of sp³-hybridized carbons (Fsp3) is 0.0476. The van der Waals surface area contributed by atoms with Crippen molar-refractivity contribution in [2.45, 2.75) is 12.3 Å².